The van der Waals surface area contributed by atoms with E-state index in [1.807, 2.05) is 35.2 Å². The van der Waals surface area contributed by atoms with Gasteiger partial charge in [0.15, 0.2) is 0 Å². The maximum atomic E-state index is 12.7. The summed E-state index contributed by atoms with van der Waals surface area (Å²) < 4.78 is 0. The zero-order chi connectivity index (χ0) is 19.5. The molecule has 0 atom stereocenters. The SMILES string of the molecule is CC(=O)N1CCN(CCNc2cc(C(=O)NC3CC3)c3ccccc3n2)CC1. The van der Waals surface area contributed by atoms with Crippen molar-refractivity contribution in [2.75, 3.05) is 44.6 Å². The van der Waals surface area contributed by atoms with Crippen LogP contribution < -0.4 is 10.6 Å². The number of piperazine rings is 1. The molecule has 28 heavy (non-hydrogen) atoms. The Morgan fingerprint density at radius 1 is 1.14 bits per heavy atom. The fourth-order valence-corrected chi connectivity index (χ4v) is 3.57. The zero-order valence-corrected chi connectivity index (χ0v) is 16.3. The molecule has 7 nitrogen and oxygen atoms in total. The molecule has 0 unspecified atom stereocenters. The average Bonchev–Trinajstić information content (AvgIpc) is 3.51. The van der Waals surface area contributed by atoms with Crippen LogP contribution >= 0.6 is 0 Å². The molecule has 1 aliphatic heterocycles. The van der Waals surface area contributed by atoms with E-state index in [0.29, 0.717) is 11.6 Å². The summed E-state index contributed by atoms with van der Waals surface area (Å²) in [6.45, 7) is 6.60. The molecule has 2 heterocycles. The normalized spacial score (nSPS) is 17.5. The quantitative estimate of drug-likeness (QED) is 0.796. The maximum absolute atomic E-state index is 12.7. The lowest BCUT2D eigenvalue weighted by molar-refractivity contribution is -0.130. The van der Waals surface area contributed by atoms with E-state index in [4.69, 9.17) is 0 Å². The van der Waals surface area contributed by atoms with Crippen LogP contribution in [0.4, 0.5) is 5.82 Å². The second-order valence-electron chi connectivity index (χ2n) is 7.59. The number of rotatable bonds is 6. The van der Waals surface area contributed by atoms with E-state index in [-0.39, 0.29) is 11.8 Å². The molecule has 0 radical (unpaired) electrons. The van der Waals surface area contributed by atoms with Gasteiger partial charge in [-0.25, -0.2) is 4.98 Å². The summed E-state index contributed by atoms with van der Waals surface area (Å²) >= 11 is 0. The first kappa shape index (κ1) is 18.7. The highest BCUT2D eigenvalue weighted by molar-refractivity contribution is 6.07. The zero-order valence-electron chi connectivity index (χ0n) is 16.3. The number of amides is 2. The van der Waals surface area contributed by atoms with Gasteiger partial charge in [0.2, 0.25) is 5.91 Å². The van der Waals surface area contributed by atoms with E-state index in [0.717, 1.165) is 68.8 Å². The van der Waals surface area contributed by atoms with E-state index in [1.165, 1.54) is 0 Å². The third-order valence-electron chi connectivity index (χ3n) is 5.43. The molecule has 2 aliphatic rings. The third-order valence-corrected chi connectivity index (χ3v) is 5.43. The molecule has 1 saturated carbocycles. The second kappa shape index (κ2) is 8.14. The van der Waals surface area contributed by atoms with Crippen LogP contribution in [-0.4, -0.2) is 71.9 Å². The van der Waals surface area contributed by atoms with Gasteiger partial charge < -0.3 is 15.5 Å². The minimum absolute atomic E-state index is 0.0236. The lowest BCUT2D eigenvalue weighted by Crippen LogP contribution is -2.49. The molecule has 2 aromatic rings. The molecule has 1 aliphatic carbocycles. The molecule has 2 fully saturated rings. The van der Waals surface area contributed by atoms with Gasteiger partial charge in [-0.2, -0.15) is 0 Å². The number of para-hydroxylation sites is 1. The first-order valence-corrected chi connectivity index (χ1v) is 10.0. The molecule has 0 bridgehead atoms. The van der Waals surface area contributed by atoms with Crippen molar-refractivity contribution in [1.29, 1.82) is 0 Å². The molecule has 1 saturated heterocycles. The smallest absolute Gasteiger partial charge is 0.252 e. The summed E-state index contributed by atoms with van der Waals surface area (Å²) in [6.07, 6.45) is 2.13. The monoisotopic (exact) mass is 381 g/mol. The van der Waals surface area contributed by atoms with Gasteiger partial charge in [0.25, 0.3) is 5.91 Å². The average molecular weight is 381 g/mol. The van der Waals surface area contributed by atoms with Crippen LogP contribution in [0.15, 0.2) is 30.3 Å². The number of aromatic nitrogens is 1. The Hall–Kier alpha value is -2.67. The van der Waals surface area contributed by atoms with Gasteiger partial charge in [-0.05, 0) is 25.0 Å². The molecule has 0 spiro atoms. The minimum atomic E-state index is -0.0236. The van der Waals surface area contributed by atoms with Crippen LogP contribution in [0, 0.1) is 0 Å². The standard InChI is InChI=1S/C21H27N5O2/c1-15(27)26-12-10-25(11-13-26)9-8-22-20-14-18(21(28)23-16-6-7-16)17-4-2-3-5-19(17)24-20/h2-5,14,16H,6-13H2,1H3,(H,22,24)(H,23,28). The number of carbonyl (C=O) groups excluding carboxylic acids is 2. The molecule has 7 heteroatoms. The Bertz CT molecular complexity index is 872. The number of hydrogen-bond acceptors (Lipinski definition) is 5. The summed E-state index contributed by atoms with van der Waals surface area (Å²) in [5.74, 6) is 0.849. The molecule has 4 rings (SSSR count). The third kappa shape index (κ3) is 4.42. The number of fused-ring (bicyclic) bond motifs is 1. The minimum Gasteiger partial charge on any atom is -0.369 e. The van der Waals surface area contributed by atoms with Crippen LogP contribution in [0.25, 0.3) is 10.9 Å². The van der Waals surface area contributed by atoms with Crippen molar-refractivity contribution in [1.82, 2.24) is 20.1 Å². The highest BCUT2D eigenvalue weighted by atomic mass is 16.2. The van der Waals surface area contributed by atoms with Gasteiger partial charge in [-0.3, -0.25) is 14.5 Å². The number of nitrogens with zero attached hydrogens (tertiary/aromatic N) is 3. The Balaban J connectivity index is 1.39. The van der Waals surface area contributed by atoms with Crippen molar-refractivity contribution in [2.45, 2.75) is 25.8 Å². The summed E-state index contributed by atoms with van der Waals surface area (Å²) in [5.41, 5.74) is 1.50. The van der Waals surface area contributed by atoms with Crippen molar-refractivity contribution in [3.05, 3.63) is 35.9 Å². The highest BCUT2D eigenvalue weighted by Gasteiger charge is 2.25. The second-order valence-corrected chi connectivity index (χ2v) is 7.59. The van der Waals surface area contributed by atoms with Crippen molar-refractivity contribution in [3.8, 4) is 0 Å². The molecule has 1 aromatic heterocycles. The molecule has 2 amide bonds. The Kier molecular flexibility index (Phi) is 5.43. The van der Waals surface area contributed by atoms with Gasteiger partial charge in [-0.1, -0.05) is 18.2 Å². The maximum Gasteiger partial charge on any atom is 0.252 e. The van der Waals surface area contributed by atoms with Crippen molar-refractivity contribution in [3.63, 3.8) is 0 Å². The Labute approximate surface area is 165 Å². The van der Waals surface area contributed by atoms with Crippen LogP contribution in [0.3, 0.4) is 0 Å². The predicted octanol–water partition coefficient (Wildman–Crippen LogP) is 1.70. The summed E-state index contributed by atoms with van der Waals surface area (Å²) in [7, 11) is 0. The highest BCUT2D eigenvalue weighted by Crippen LogP contribution is 2.24. The number of hydrogen-bond donors (Lipinski definition) is 2. The Morgan fingerprint density at radius 3 is 2.61 bits per heavy atom. The number of carbonyl (C=O) groups is 2. The van der Waals surface area contributed by atoms with Crippen LogP contribution in [0.1, 0.15) is 30.1 Å². The fourth-order valence-electron chi connectivity index (χ4n) is 3.57. The van der Waals surface area contributed by atoms with Crippen molar-refractivity contribution in [2.24, 2.45) is 0 Å². The van der Waals surface area contributed by atoms with Crippen LogP contribution in [-0.2, 0) is 4.79 Å². The van der Waals surface area contributed by atoms with E-state index in [1.54, 1.807) is 6.92 Å². The molecule has 148 valence electrons. The first-order chi connectivity index (χ1) is 13.6. The van der Waals surface area contributed by atoms with Gasteiger partial charge in [0, 0.05) is 57.6 Å². The van der Waals surface area contributed by atoms with Crippen LogP contribution in [0.5, 0.6) is 0 Å². The molecular formula is C21H27N5O2. The van der Waals surface area contributed by atoms with E-state index >= 15 is 0 Å². The first-order valence-electron chi connectivity index (χ1n) is 10.0. The van der Waals surface area contributed by atoms with Gasteiger partial charge >= 0.3 is 0 Å². The number of benzene rings is 1. The Morgan fingerprint density at radius 2 is 1.89 bits per heavy atom. The van der Waals surface area contributed by atoms with E-state index < -0.39 is 0 Å². The van der Waals surface area contributed by atoms with E-state index in [2.05, 4.69) is 20.5 Å². The lowest BCUT2D eigenvalue weighted by Gasteiger charge is -2.34. The van der Waals surface area contributed by atoms with Gasteiger partial charge in [0.05, 0.1) is 11.1 Å². The van der Waals surface area contributed by atoms with Crippen LogP contribution in [0.2, 0.25) is 0 Å². The molecule has 2 N–H and O–H groups in total. The molecule has 1 aromatic carbocycles. The van der Waals surface area contributed by atoms with Crippen molar-refractivity contribution >= 4 is 28.5 Å². The number of anilines is 1. The van der Waals surface area contributed by atoms with Crippen molar-refractivity contribution < 1.29 is 9.59 Å². The number of pyridine rings is 1. The summed E-state index contributed by atoms with van der Waals surface area (Å²) in [4.78, 5) is 33.0. The largest absolute Gasteiger partial charge is 0.369 e. The lowest BCUT2D eigenvalue weighted by atomic mass is 10.1. The van der Waals surface area contributed by atoms with Gasteiger partial charge in [-0.15, -0.1) is 0 Å². The van der Waals surface area contributed by atoms with E-state index in [9.17, 15) is 9.59 Å². The topological polar surface area (TPSA) is 77.6 Å². The number of nitrogens with one attached hydrogen (secondary N) is 2. The summed E-state index contributed by atoms with van der Waals surface area (Å²) in [5, 5.41) is 7.33. The van der Waals surface area contributed by atoms with Gasteiger partial charge in [0.1, 0.15) is 5.82 Å². The predicted molar refractivity (Wildman–Crippen MR) is 109 cm³/mol. The summed E-state index contributed by atoms with van der Waals surface area (Å²) in [6, 6.07) is 9.94. The fraction of sp³-hybridized carbons (Fsp3) is 0.476. The molecular weight excluding hydrogens is 354 g/mol.